The van der Waals surface area contributed by atoms with E-state index in [1.807, 2.05) is 14.0 Å². The standard InChI is InChI=1S/C7H12N4/c1-5-10-6(4-9-2)3-7(8)11-5/h3,9H,4H2,1-2H3,(H2,8,10,11). The van der Waals surface area contributed by atoms with Gasteiger partial charge in [-0.15, -0.1) is 0 Å². The lowest BCUT2D eigenvalue weighted by molar-refractivity contribution is 0.780. The van der Waals surface area contributed by atoms with Crippen molar-refractivity contribution in [3.8, 4) is 0 Å². The number of hydrogen-bond acceptors (Lipinski definition) is 4. The van der Waals surface area contributed by atoms with Gasteiger partial charge in [-0.2, -0.15) is 0 Å². The Hall–Kier alpha value is -1.16. The highest BCUT2D eigenvalue weighted by Crippen LogP contribution is 2.01. The van der Waals surface area contributed by atoms with Crippen LogP contribution in [0.25, 0.3) is 0 Å². The van der Waals surface area contributed by atoms with E-state index in [1.165, 1.54) is 0 Å². The highest BCUT2D eigenvalue weighted by atomic mass is 15.0. The lowest BCUT2D eigenvalue weighted by Crippen LogP contribution is -2.09. The van der Waals surface area contributed by atoms with E-state index in [2.05, 4.69) is 15.3 Å². The van der Waals surface area contributed by atoms with E-state index in [0.717, 1.165) is 18.1 Å². The summed E-state index contributed by atoms with van der Waals surface area (Å²) in [6.07, 6.45) is 0. The Labute approximate surface area is 65.9 Å². The van der Waals surface area contributed by atoms with E-state index in [0.29, 0.717) is 5.82 Å². The van der Waals surface area contributed by atoms with Crippen molar-refractivity contribution in [2.75, 3.05) is 12.8 Å². The van der Waals surface area contributed by atoms with Crippen LogP contribution in [0.15, 0.2) is 6.07 Å². The van der Waals surface area contributed by atoms with Crippen molar-refractivity contribution in [1.82, 2.24) is 15.3 Å². The van der Waals surface area contributed by atoms with Gasteiger partial charge in [0.15, 0.2) is 0 Å². The Morgan fingerprint density at radius 1 is 1.55 bits per heavy atom. The molecule has 1 heterocycles. The highest BCUT2D eigenvalue weighted by molar-refractivity contribution is 5.29. The number of aryl methyl sites for hydroxylation is 1. The summed E-state index contributed by atoms with van der Waals surface area (Å²) in [4.78, 5) is 8.13. The van der Waals surface area contributed by atoms with Crippen LogP contribution in [0.1, 0.15) is 11.5 Å². The van der Waals surface area contributed by atoms with Crippen LogP contribution in [0.4, 0.5) is 5.82 Å². The van der Waals surface area contributed by atoms with Gasteiger partial charge >= 0.3 is 0 Å². The number of nitrogens with one attached hydrogen (secondary N) is 1. The zero-order chi connectivity index (χ0) is 8.27. The van der Waals surface area contributed by atoms with Gasteiger partial charge in [-0.25, -0.2) is 9.97 Å². The van der Waals surface area contributed by atoms with Crippen LogP contribution >= 0.6 is 0 Å². The number of hydrogen-bond donors (Lipinski definition) is 2. The van der Waals surface area contributed by atoms with E-state index >= 15 is 0 Å². The first-order valence-corrected chi connectivity index (χ1v) is 3.47. The molecular formula is C7H12N4. The molecule has 0 bridgehead atoms. The Morgan fingerprint density at radius 2 is 2.27 bits per heavy atom. The molecule has 0 aliphatic carbocycles. The van der Waals surface area contributed by atoms with Crippen LogP contribution in [-0.4, -0.2) is 17.0 Å². The molecule has 0 spiro atoms. The third kappa shape index (κ3) is 2.16. The van der Waals surface area contributed by atoms with Crippen molar-refractivity contribution in [3.05, 3.63) is 17.6 Å². The summed E-state index contributed by atoms with van der Waals surface area (Å²) >= 11 is 0. The van der Waals surface area contributed by atoms with Crippen molar-refractivity contribution in [1.29, 1.82) is 0 Å². The molecule has 0 fully saturated rings. The molecule has 1 aromatic rings. The maximum Gasteiger partial charge on any atom is 0.127 e. The van der Waals surface area contributed by atoms with Gasteiger partial charge in [0.2, 0.25) is 0 Å². The predicted octanol–water partition coefficient (Wildman–Crippen LogP) is 0.0866. The Kier molecular flexibility index (Phi) is 2.38. The first-order chi connectivity index (χ1) is 5.22. The van der Waals surface area contributed by atoms with Gasteiger partial charge in [0.05, 0.1) is 5.69 Å². The van der Waals surface area contributed by atoms with Gasteiger partial charge in [0, 0.05) is 12.6 Å². The third-order valence-electron chi connectivity index (χ3n) is 1.27. The fraction of sp³-hybridized carbons (Fsp3) is 0.429. The van der Waals surface area contributed by atoms with Gasteiger partial charge < -0.3 is 11.1 Å². The molecule has 1 rings (SSSR count). The molecule has 4 nitrogen and oxygen atoms in total. The molecule has 0 saturated heterocycles. The Bertz CT molecular complexity index is 226. The lowest BCUT2D eigenvalue weighted by Gasteiger charge is -2.00. The Balaban J connectivity index is 2.89. The van der Waals surface area contributed by atoms with Crippen molar-refractivity contribution in [2.24, 2.45) is 0 Å². The first-order valence-electron chi connectivity index (χ1n) is 3.47. The summed E-state index contributed by atoms with van der Waals surface area (Å²) in [6.45, 7) is 2.56. The molecular weight excluding hydrogens is 140 g/mol. The van der Waals surface area contributed by atoms with Crippen LogP contribution in [-0.2, 0) is 6.54 Å². The van der Waals surface area contributed by atoms with Gasteiger partial charge in [-0.3, -0.25) is 0 Å². The maximum absolute atomic E-state index is 5.51. The Morgan fingerprint density at radius 3 is 2.82 bits per heavy atom. The second-order valence-corrected chi connectivity index (χ2v) is 2.36. The quantitative estimate of drug-likeness (QED) is 0.630. The maximum atomic E-state index is 5.51. The lowest BCUT2D eigenvalue weighted by atomic mass is 10.4. The van der Waals surface area contributed by atoms with Crippen LogP contribution in [0, 0.1) is 6.92 Å². The molecule has 0 amide bonds. The van der Waals surface area contributed by atoms with E-state index in [9.17, 15) is 0 Å². The topological polar surface area (TPSA) is 63.8 Å². The molecule has 4 heteroatoms. The van der Waals surface area contributed by atoms with E-state index in [-0.39, 0.29) is 0 Å². The molecule has 0 atom stereocenters. The van der Waals surface area contributed by atoms with Crippen molar-refractivity contribution < 1.29 is 0 Å². The SMILES string of the molecule is CNCc1cc(N)nc(C)n1. The van der Waals surface area contributed by atoms with E-state index in [4.69, 9.17) is 5.73 Å². The second kappa shape index (κ2) is 3.30. The van der Waals surface area contributed by atoms with Crippen LogP contribution < -0.4 is 11.1 Å². The van der Waals surface area contributed by atoms with Crippen LogP contribution in [0.2, 0.25) is 0 Å². The normalized spacial score (nSPS) is 10.0. The molecule has 3 N–H and O–H groups in total. The monoisotopic (exact) mass is 152 g/mol. The molecule has 0 saturated carbocycles. The van der Waals surface area contributed by atoms with Crippen molar-refractivity contribution in [2.45, 2.75) is 13.5 Å². The first kappa shape index (κ1) is 7.94. The number of nitrogens with two attached hydrogens (primary N) is 1. The smallest absolute Gasteiger partial charge is 0.127 e. The largest absolute Gasteiger partial charge is 0.384 e. The predicted molar refractivity (Wildman–Crippen MR) is 43.9 cm³/mol. The molecule has 0 aromatic carbocycles. The molecule has 1 aromatic heterocycles. The third-order valence-corrected chi connectivity index (χ3v) is 1.27. The zero-order valence-electron chi connectivity index (χ0n) is 6.76. The minimum absolute atomic E-state index is 0.530. The number of aromatic nitrogens is 2. The minimum Gasteiger partial charge on any atom is -0.384 e. The van der Waals surface area contributed by atoms with Gasteiger partial charge in [0.25, 0.3) is 0 Å². The minimum atomic E-state index is 0.530. The van der Waals surface area contributed by atoms with Crippen molar-refractivity contribution >= 4 is 5.82 Å². The summed E-state index contributed by atoms with van der Waals surface area (Å²) in [5, 5.41) is 2.99. The van der Waals surface area contributed by atoms with Gasteiger partial charge in [0.1, 0.15) is 11.6 Å². The molecule has 11 heavy (non-hydrogen) atoms. The number of rotatable bonds is 2. The number of nitrogens with zero attached hydrogens (tertiary/aromatic N) is 2. The number of nitrogen functional groups attached to an aromatic ring is 1. The van der Waals surface area contributed by atoms with Crippen LogP contribution in [0.3, 0.4) is 0 Å². The average molecular weight is 152 g/mol. The van der Waals surface area contributed by atoms with Crippen molar-refractivity contribution in [3.63, 3.8) is 0 Å². The summed E-state index contributed by atoms with van der Waals surface area (Å²) in [5.41, 5.74) is 6.44. The molecule has 0 aliphatic rings. The molecule has 0 unspecified atom stereocenters. The summed E-state index contributed by atoms with van der Waals surface area (Å²) < 4.78 is 0. The van der Waals surface area contributed by atoms with E-state index in [1.54, 1.807) is 6.07 Å². The van der Waals surface area contributed by atoms with Crippen LogP contribution in [0.5, 0.6) is 0 Å². The van der Waals surface area contributed by atoms with Gasteiger partial charge in [-0.05, 0) is 14.0 Å². The summed E-state index contributed by atoms with van der Waals surface area (Å²) in [5.74, 6) is 1.25. The fourth-order valence-corrected chi connectivity index (χ4v) is 0.927. The number of anilines is 1. The highest BCUT2D eigenvalue weighted by Gasteiger charge is 1.96. The zero-order valence-corrected chi connectivity index (χ0v) is 6.76. The van der Waals surface area contributed by atoms with Gasteiger partial charge in [-0.1, -0.05) is 0 Å². The molecule has 0 aliphatic heterocycles. The molecule has 60 valence electrons. The molecule has 0 radical (unpaired) electrons. The average Bonchev–Trinajstić information content (AvgIpc) is 1.85. The van der Waals surface area contributed by atoms with E-state index < -0.39 is 0 Å². The summed E-state index contributed by atoms with van der Waals surface area (Å²) in [6, 6.07) is 1.77. The fourth-order valence-electron chi connectivity index (χ4n) is 0.927. The summed E-state index contributed by atoms with van der Waals surface area (Å²) in [7, 11) is 1.87. The second-order valence-electron chi connectivity index (χ2n) is 2.36.